The topological polar surface area (TPSA) is 65.0 Å². The zero-order valence-corrected chi connectivity index (χ0v) is 21.2. The minimum Gasteiger partial charge on any atom is -0.857 e. The Kier molecular flexibility index (Phi) is 8.90. The molecule has 144 valence electrons. The van der Waals surface area contributed by atoms with E-state index in [-0.39, 0.29) is 57.3 Å². The van der Waals surface area contributed by atoms with Crippen LogP contribution in [-0.4, -0.2) is 29.5 Å². The molecule has 0 bridgehead atoms. The van der Waals surface area contributed by atoms with Crippen molar-refractivity contribution in [3.05, 3.63) is 64.2 Å². The summed E-state index contributed by atoms with van der Waals surface area (Å²) >= 11 is 0. The fraction of sp³-hybridized carbons (Fsp3) is 0.364. The summed E-state index contributed by atoms with van der Waals surface area (Å²) in [5.74, 6) is -0.166. The quantitative estimate of drug-likeness (QED) is 0.323. The van der Waals surface area contributed by atoms with Crippen molar-refractivity contribution < 1.29 is 66.0 Å². The van der Waals surface area contributed by atoms with E-state index in [2.05, 4.69) is 5.10 Å². The van der Waals surface area contributed by atoms with Gasteiger partial charge in [0.15, 0.2) is 0 Å². The molecule has 0 aliphatic rings. The summed E-state index contributed by atoms with van der Waals surface area (Å²) in [5.41, 5.74) is 2.95. The Morgan fingerprint density at radius 2 is 1.64 bits per heavy atom. The Morgan fingerprint density at radius 1 is 1.07 bits per heavy atom. The maximum atomic E-state index is 13.1. The Balaban J connectivity index is 0.00000392. The van der Waals surface area contributed by atoms with Crippen LogP contribution < -0.4 is 61.2 Å². The van der Waals surface area contributed by atoms with Crippen LogP contribution in [0.1, 0.15) is 53.4 Å². The second-order valence-electron chi connectivity index (χ2n) is 7.70. The fourth-order valence-electron chi connectivity index (χ4n) is 2.93. The number of hydrazone groups is 1. The monoisotopic (exact) mass is 406 g/mol. The van der Waals surface area contributed by atoms with Gasteiger partial charge in [-0.25, -0.2) is 5.01 Å². The van der Waals surface area contributed by atoms with Gasteiger partial charge in [-0.3, -0.25) is 4.79 Å². The van der Waals surface area contributed by atoms with Crippen LogP contribution in [0.25, 0.3) is 0 Å². The number of ether oxygens (including phenoxy) is 1. The molecule has 2 aromatic rings. The normalized spacial score (nSPS) is 11.6. The first-order chi connectivity index (χ1) is 12.5. The van der Waals surface area contributed by atoms with Crippen LogP contribution in [0.15, 0.2) is 41.5 Å². The number of carbonyl (C=O) groups is 1. The summed E-state index contributed by atoms with van der Waals surface area (Å²) in [4.78, 5) is 13.1. The number of methoxy groups -OCH3 is 1. The zero-order valence-electron chi connectivity index (χ0n) is 18.1. The van der Waals surface area contributed by atoms with E-state index in [9.17, 15) is 9.90 Å². The molecule has 28 heavy (non-hydrogen) atoms. The van der Waals surface area contributed by atoms with Crippen molar-refractivity contribution in [1.29, 1.82) is 0 Å². The van der Waals surface area contributed by atoms with Gasteiger partial charge in [-0.1, -0.05) is 29.3 Å². The summed E-state index contributed by atoms with van der Waals surface area (Å²) in [6.07, 6.45) is 0. The average Bonchev–Trinajstić information content (AvgIpc) is 2.57. The molecule has 0 aromatic heterocycles. The van der Waals surface area contributed by atoms with Crippen molar-refractivity contribution in [3.63, 3.8) is 0 Å². The molecule has 1 amide bonds. The summed E-state index contributed by atoms with van der Waals surface area (Å²) in [7, 11) is 1.55. The van der Waals surface area contributed by atoms with Gasteiger partial charge in [0, 0.05) is 11.5 Å². The van der Waals surface area contributed by atoms with Crippen LogP contribution in [0.5, 0.6) is 5.75 Å². The van der Waals surface area contributed by atoms with E-state index in [0.29, 0.717) is 22.4 Å². The first-order valence-corrected chi connectivity index (χ1v) is 8.87. The fourth-order valence-corrected chi connectivity index (χ4v) is 2.93. The Hall–Kier alpha value is -1.18. The first-order valence-electron chi connectivity index (χ1n) is 8.87. The molecule has 0 fully saturated rings. The third-order valence-corrected chi connectivity index (χ3v) is 4.22. The van der Waals surface area contributed by atoms with Gasteiger partial charge >= 0.3 is 51.4 Å². The predicted molar refractivity (Wildman–Crippen MR) is 106 cm³/mol. The molecule has 0 atom stereocenters. The smallest absolute Gasteiger partial charge is 0.857 e. The van der Waals surface area contributed by atoms with Crippen molar-refractivity contribution in [2.45, 2.75) is 47.1 Å². The Morgan fingerprint density at radius 3 is 2.14 bits per heavy atom. The molecular weight excluding hydrogens is 379 g/mol. The van der Waals surface area contributed by atoms with Crippen molar-refractivity contribution in [2.75, 3.05) is 7.11 Å². The number of rotatable bonds is 4. The molecular formula is C22H27KN2O3. The first kappa shape index (κ1) is 24.9. The van der Waals surface area contributed by atoms with Crippen LogP contribution in [0.3, 0.4) is 0 Å². The standard InChI is InChI=1S/C22H28N2O3.K/c1-14-11-15(2)13-17(12-14)21(26)24(22(4,5)6)23-20(25)18-9-8-10-19(27-7)16(18)3;/h8-13H,1-7H3,(H,23,25);/q;+1/p-1. The molecule has 0 saturated heterocycles. The number of hydrogen-bond acceptors (Lipinski definition) is 4. The number of carbonyl (C=O) groups excluding carboxylic acids is 1. The largest absolute Gasteiger partial charge is 1.00 e. The maximum Gasteiger partial charge on any atom is 1.00 e. The minimum absolute atomic E-state index is 0. The van der Waals surface area contributed by atoms with Crippen molar-refractivity contribution in [2.24, 2.45) is 5.10 Å². The maximum absolute atomic E-state index is 13.1. The van der Waals surface area contributed by atoms with Gasteiger partial charge < -0.3 is 9.84 Å². The minimum atomic E-state index is -0.656. The number of hydrogen-bond donors (Lipinski definition) is 0. The second-order valence-corrected chi connectivity index (χ2v) is 7.70. The van der Waals surface area contributed by atoms with E-state index in [1.807, 2.05) is 52.8 Å². The Bertz CT molecular complexity index is 866. The molecule has 0 spiro atoms. The van der Waals surface area contributed by atoms with Gasteiger partial charge in [0.2, 0.25) is 0 Å². The van der Waals surface area contributed by atoms with E-state index in [1.165, 1.54) is 5.01 Å². The van der Waals surface area contributed by atoms with Crippen molar-refractivity contribution in [3.8, 4) is 5.75 Å². The molecule has 2 aromatic carbocycles. The molecule has 0 heterocycles. The van der Waals surface area contributed by atoms with E-state index in [4.69, 9.17) is 4.74 Å². The predicted octanol–water partition coefficient (Wildman–Crippen LogP) is 0.587. The van der Waals surface area contributed by atoms with Gasteiger partial charge in [-0.05, 0) is 70.9 Å². The van der Waals surface area contributed by atoms with E-state index in [1.54, 1.807) is 32.2 Å². The number of aryl methyl sites for hydroxylation is 2. The molecule has 0 N–H and O–H groups in total. The molecule has 0 radical (unpaired) electrons. The van der Waals surface area contributed by atoms with Crippen LogP contribution in [0, 0.1) is 20.8 Å². The van der Waals surface area contributed by atoms with Gasteiger partial charge in [0.05, 0.1) is 12.6 Å². The molecule has 0 saturated carbocycles. The van der Waals surface area contributed by atoms with E-state index >= 15 is 0 Å². The third kappa shape index (κ3) is 5.91. The third-order valence-electron chi connectivity index (χ3n) is 4.22. The summed E-state index contributed by atoms with van der Waals surface area (Å²) in [6, 6.07) is 10.8. The van der Waals surface area contributed by atoms with Crippen LogP contribution in [0.4, 0.5) is 0 Å². The van der Waals surface area contributed by atoms with Crippen molar-refractivity contribution in [1.82, 2.24) is 5.01 Å². The molecule has 5 nitrogen and oxygen atoms in total. The molecule has 0 aliphatic carbocycles. The Labute approximate surface area is 210 Å². The number of nitrogens with zero attached hydrogens (tertiary/aromatic N) is 2. The molecule has 6 heteroatoms. The zero-order chi connectivity index (χ0) is 20.4. The van der Waals surface area contributed by atoms with Crippen molar-refractivity contribution >= 4 is 11.8 Å². The van der Waals surface area contributed by atoms with E-state index < -0.39 is 11.4 Å². The van der Waals surface area contributed by atoms with Gasteiger partial charge in [0.1, 0.15) is 5.75 Å². The number of benzene rings is 2. The van der Waals surface area contributed by atoms with E-state index in [0.717, 1.165) is 11.1 Å². The average molecular weight is 407 g/mol. The van der Waals surface area contributed by atoms with Crippen LogP contribution >= 0.6 is 0 Å². The van der Waals surface area contributed by atoms with Crippen LogP contribution in [0.2, 0.25) is 0 Å². The molecule has 0 aliphatic heterocycles. The SMILES string of the molecule is COc1cccc(C([O-])=NN(C(=O)c2cc(C)cc(C)c2)C(C)(C)C)c1C.[K+]. The van der Waals surface area contributed by atoms with Crippen LogP contribution in [-0.2, 0) is 0 Å². The molecule has 0 unspecified atom stereocenters. The summed E-state index contributed by atoms with van der Waals surface area (Å²) in [6.45, 7) is 11.2. The van der Waals surface area contributed by atoms with Gasteiger partial charge in [0.25, 0.3) is 5.91 Å². The number of amides is 1. The summed E-state index contributed by atoms with van der Waals surface area (Å²) < 4.78 is 5.28. The van der Waals surface area contributed by atoms with Gasteiger partial charge in [-0.2, -0.15) is 5.10 Å². The second kappa shape index (κ2) is 10.0. The summed E-state index contributed by atoms with van der Waals surface area (Å²) in [5, 5.41) is 18.3. The van der Waals surface area contributed by atoms with Gasteiger partial charge in [-0.15, -0.1) is 0 Å². The molecule has 2 rings (SSSR count).